The highest BCUT2D eigenvalue weighted by Gasteiger charge is 2.42. The molecular formula is C14H6F7NO2. The van der Waals surface area contributed by atoms with Crippen LogP contribution in [0, 0.1) is 23.3 Å². The number of benzene rings is 1. The van der Waals surface area contributed by atoms with Crippen molar-refractivity contribution >= 4 is 5.97 Å². The van der Waals surface area contributed by atoms with Gasteiger partial charge < -0.3 is 4.74 Å². The van der Waals surface area contributed by atoms with E-state index in [1.54, 1.807) is 0 Å². The number of ether oxygens (including phenoxy) is 1. The molecule has 0 unspecified atom stereocenters. The number of rotatable bonds is 3. The van der Waals surface area contributed by atoms with Gasteiger partial charge in [0.25, 0.3) is 0 Å². The Morgan fingerprint density at radius 1 is 1.04 bits per heavy atom. The molecule has 2 aromatic rings. The van der Waals surface area contributed by atoms with E-state index in [2.05, 4.69) is 9.72 Å². The molecule has 0 aliphatic heterocycles. The first-order chi connectivity index (χ1) is 11.1. The molecule has 0 saturated heterocycles. The van der Waals surface area contributed by atoms with Crippen LogP contribution >= 0.6 is 0 Å². The fraction of sp³-hybridized carbons (Fsp3) is 0.143. The van der Waals surface area contributed by atoms with E-state index in [0.29, 0.717) is 0 Å². The average molecular weight is 353 g/mol. The molecule has 1 heterocycles. The molecule has 0 aliphatic rings. The first-order valence-corrected chi connectivity index (χ1v) is 6.13. The summed E-state index contributed by atoms with van der Waals surface area (Å²) in [5.74, 6) is -11.0. The third kappa shape index (κ3) is 3.31. The van der Waals surface area contributed by atoms with Crippen molar-refractivity contribution in [3.8, 4) is 0 Å². The van der Waals surface area contributed by atoms with E-state index in [4.69, 9.17) is 0 Å². The van der Waals surface area contributed by atoms with Gasteiger partial charge in [0.1, 0.15) is 12.2 Å². The van der Waals surface area contributed by atoms with Crippen LogP contribution in [0.3, 0.4) is 0 Å². The van der Waals surface area contributed by atoms with Gasteiger partial charge >= 0.3 is 12.1 Å². The third-order valence-electron chi connectivity index (χ3n) is 2.88. The van der Waals surface area contributed by atoms with Gasteiger partial charge in [0.05, 0.1) is 11.1 Å². The number of aromatic nitrogens is 1. The Balaban J connectivity index is 2.34. The van der Waals surface area contributed by atoms with Crippen LogP contribution in [0.5, 0.6) is 0 Å². The second kappa shape index (κ2) is 6.46. The monoisotopic (exact) mass is 353 g/mol. The predicted molar refractivity (Wildman–Crippen MR) is 64.6 cm³/mol. The first kappa shape index (κ1) is 17.7. The Kier molecular flexibility index (Phi) is 4.76. The summed E-state index contributed by atoms with van der Waals surface area (Å²) in [5, 5.41) is 0. The zero-order chi connectivity index (χ0) is 18.1. The lowest BCUT2D eigenvalue weighted by Gasteiger charge is -2.14. The highest BCUT2D eigenvalue weighted by atomic mass is 19.4. The van der Waals surface area contributed by atoms with Gasteiger partial charge in [0.15, 0.2) is 23.3 Å². The van der Waals surface area contributed by atoms with Crippen molar-refractivity contribution in [3.05, 3.63) is 64.5 Å². The highest BCUT2D eigenvalue weighted by molar-refractivity contribution is 5.88. The SMILES string of the molecule is O=C(OCc1c(F)c(F)c(C(F)(F)F)c(F)c1F)c1cccnc1. The maximum absolute atomic E-state index is 13.6. The minimum Gasteiger partial charge on any atom is -0.457 e. The van der Waals surface area contributed by atoms with Crippen molar-refractivity contribution in [1.29, 1.82) is 0 Å². The van der Waals surface area contributed by atoms with Gasteiger partial charge in [-0.2, -0.15) is 13.2 Å². The maximum Gasteiger partial charge on any atom is 0.422 e. The minimum atomic E-state index is -5.64. The Hall–Kier alpha value is -2.65. The fourth-order valence-electron chi connectivity index (χ4n) is 1.76. The number of nitrogens with zero attached hydrogens (tertiary/aromatic N) is 1. The Morgan fingerprint density at radius 2 is 1.62 bits per heavy atom. The largest absolute Gasteiger partial charge is 0.457 e. The summed E-state index contributed by atoms with van der Waals surface area (Å²) in [4.78, 5) is 15.1. The van der Waals surface area contributed by atoms with Crippen molar-refractivity contribution in [1.82, 2.24) is 4.98 Å². The number of pyridine rings is 1. The molecule has 0 radical (unpaired) electrons. The van der Waals surface area contributed by atoms with Crippen LogP contribution in [-0.2, 0) is 17.5 Å². The van der Waals surface area contributed by atoms with Gasteiger partial charge in [0.2, 0.25) is 0 Å². The summed E-state index contributed by atoms with van der Waals surface area (Å²) in [6.45, 7) is -1.31. The van der Waals surface area contributed by atoms with Crippen LogP contribution in [0.25, 0.3) is 0 Å². The molecule has 3 nitrogen and oxygen atoms in total. The molecule has 0 bridgehead atoms. The smallest absolute Gasteiger partial charge is 0.422 e. The average Bonchev–Trinajstić information content (AvgIpc) is 2.52. The molecule has 1 aromatic carbocycles. The fourth-order valence-corrected chi connectivity index (χ4v) is 1.76. The van der Waals surface area contributed by atoms with E-state index < -0.39 is 53.1 Å². The lowest BCUT2D eigenvalue weighted by atomic mass is 10.1. The van der Waals surface area contributed by atoms with Crippen LogP contribution in [0.4, 0.5) is 30.7 Å². The van der Waals surface area contributed by atoms with Crippen LogP contribution in [-0.4, -0.2) is 11.0 Å². The summed E-state index contributed by atoms with van der Waals surface area (Å²) >= 11 is 0. The quantitative estimate of drug-likeness (QED) is 0.475. The molecule has 0 N–H and O–H groups in total. The zero-order valence-electron chi connectivity index (χ0n) is 11.4. The van der Waals surface area contributed by atoms with Gasteiger partial charge in [-0.25, -0.2) is 22.4 Å². The molecule has 0 saturated carbocycles. The maximum atomic E-state index is 13.6. The van der Waals surface area contributed by atoms with E-state index in [0.717, 1.165) is 6.20 Å². The predicted octanol–water partition coefficient (Wildman–Crippen LogP) is 4.01. The van der Waals surface area contributed by atoms with E-state index in [1.165, 1.54) is 18.3 Å². The summed E-state index contributed by atoms with van der Waals surface area (Å²) in [6, 6.07) is 2.57. The molecular weight excluding hydrogens is 347 g/mol. The first-order valence-electron chi connectivity index (χ1n) is 6.13. The number of esters is 1. The molecule has 1 aromatic heterocycles. The van der Waals surface area contributed by atoms with E-state index >= 15 is 0 Å². The molecule has 0 fully saturated rings. The normalized spacial score (nSPS) is 11.5. The molecule has 10 heteroatoms. The molecule has 24 heavy (non-hydrogen) atoms. The van der Waals surface area contributed by atoms with Gasteiger partial charge in [0, 0.05) is 12.4 Å². The lowest BCUT2D eigenvalue weighted by Crippen LogP contribution is -2.18. The summed E-state index contributed by atoms with van der Waals surface area (Å²) < 4.78 is 95.7. The number of halogens is 7. The summed E-state index contributed by atoms with van der Waals surface area (Å²) in [6.07, 6.45) is -3.28. The third-order valence-corrected chi connectivity index (χ3v) is 2.88. The van der Waals surface area contributed by atoms with Crippen molar-refractivity contribution < 1.29 is 40.3 Å². The zero-order valence-corrected chi connectivity index (χ0v) is 11.4. The second-order valence-corrected chi connectivity index (χ2v) is 4.43. The molecule has 128 valence electrons. The summed E-state index contributed by atoms with van der Waals surface area (Å²) in [5.41, 5.74) is -4.30. The van der Waals surface area contributed by atoms with Gasteiger partial charge in [-0.1, -0.05) is 0 Å². The molecule has 2 rings (SSSR count). The van der Waals surface area contributed by atoms with Gasteiger partial charge in [-0.15, -0.1) is 0 Å². The number of hydrogen-bond acceptors (Lipinski definition) is 3. The topological polar surface area (TPSA) is 39.2 Å². The molecule has 0 spiro atoms. The van der Waals surface area contributed by atoms with Crippen LogP contribution < -0.4 is 0 Å². The Bertz CT molecular complexity index is 746. The molecule has 0 atom stereocenters. The molecule has 0 aliphatic carbocycles. The van der Waals surface area contributed by atoms with Crippen molar-refractivity contribution in [2.75, 3.05) is 0 Å². The Morgan fingerprint density at radius 3 is 2.08 bits per heavy atom. The van der Waals surface area contributed by atoms with E-state index in [1.807, 2.05) is 0 Å². The van der Waals surface area contributed by atoms with Crippen molar-refractivity contribution in [3.63, 3.8) is 0 Å². The summed E-state index contributed by atoms with van der Waals surface area (Å²) in [7, 11) is 0. The van der Waals surface area contributed by atoms with Crippen LogP contribution in [0.2, 0.25) is 0 Å². The number of carbonyl (C=O) groups is 1. The van der Waals surface area contributed by atoms with Crippen LogP contribution in [0.15, 0.2) is 24.5 Å². The number of hydrogen-bond donors (Lipinski definition) is 0. The van der Waals surface area contributed by atoms with Crippen molar-refractivity contribution in [2.24, 2.45) is 0 Å². The number of carbonyl (C=O) groups excluding carboxylic acids is 1. The minimum absolute atomic E-state index is 0.133. The standard InChI is InChI=1S/C14H6F7NO2/c15-9-7(5-24-13(23)6-2-1-3-22-4-6)10(16)12(18)8(11(9)17)14(19,20)21/h1-4H,5H2. The van der Waals surface area contributed by atoms with Crippen molar-refractivity contribution in [2.45, 2.75) is 12.8 Å². The lowest BCUT2D eigenvalue weighted by molar-refractivity contribution is -0.143. The number of alkyl halides is 3. The van der Waals surface area contributed by atoms with Crippen LogP contribution in [0.1, 0.15) is 21.5 Å². The molecule has 0 amide bonds. The van der Waals surface area contributed by atoms with E-state index in [-0.39, 0.29) is 5.56 Å². The second-order valence-electron chi connectivity index (χ2n) is 4.43. The van der Waals surface area contributed by atoms with Gasteiger partial charge in [-0.3, -0.25) is 4.98 Å². The highest BCUT2D eigenvalue weighted by Crippen LogP contribution is 2.37. The van der Waals surface area contributed by atoms with E-state index in [9.17, 15) is 35.5 Å². The van der Waals surface area contributed by atoms with Gasteiger partial charge in [-0.05, 0) is 12.1 Å². The Labute approximate surface area is 129 Å².